The summed E-state index contributed by atoms with van der Waals surface area (Å²) in [6, 6.07) is 0. The van der Waals surface area contributed by atoms with Gasteiger partial charge < -0.3 is 9.88 Å². The molecule has 2 rings (SSSR count). The fourth-order valence-corrected chi connectivity index (χ4v) is 2.10. The lowest BCUT2D eigenvalue weighted by Crippen LogP contribution is -2.04. The fourth-order valence-electron chi connectivity index (χ4n) is 1.15. The maximum Gasteiger partial charge on any atom is 0.228 e. The second-order valence-corrected chi connectivity index (χ2v) is 4.44. The molecule has 2 aromatic rings. The molecule has 0 aromatic carbocycles. The second kappa shape index (κ2) is 5.33. The molecule has 2 heterocycles. The van der Waals surface area contributed by atoms with E-state index >= 15 is 0 Å². The third-order valence-corrected chi connectivity index (χ3v) is 2.99. The van der Waals surface area contributed by atoms with Crippen molar-refractivity contribution in [2.75, 3.05) is 11.9 Å². The molecular formula is C9H11ClN6S. The Labute approximate surface area is 108 Å². The average Bonchev–Trinajstić information content (AvgIpc) is 2.64. The Balaban J connectivity index is 2.23. The molecule has 0 saturated heterocycles. The van der Waals surface area contributed by atoms with Crippen LogP contribution in [0.2, 0.25) is 5.28 Å². The number of anilines is 1. The molecule has 0 aliphatic rings. The lowest BCUT2D eigenvalue weighted by molar-refractivity contribution is 0.783. The quantitative estimate of drug-likeness (QED) is 0.914. The van der Waals surface area contributed by atoms with Crippen molar-refractivity contribution in [3.05, 3.63) is 17.7 Å². The van der Waals surface area contributed by atoms with Gasteiger partial charge in [-0.1, -0.05) is 0 Å². The van der Waals surface area contributed by atoms with Crippen molar-refractivity contribution in [2.45, 2.75) is 17.2 Å². The average molecular weight is 271 g/mol. The number of halogens is 1. The van der Waals surface area contributed by atoms with Gasteiger partial charge in [0.25, 0.3) is 0 Å². The molecule has 6 nitrogen and oxygen atoms in total. The van der Waals surface area contributed by atoms with Crippen LogP contribution >= 0.6 is 23.4 Å². The summed E-state index contributed by atoms with van der Waals surface area (Å²) >= 11 is 7.16. The molecule has 1 N–H and O–H groups in total. The first-order valence-corrected chi connectivity index (χ1v) is 6.19. The minimum absolute atomic E-state index is 0.174. The predicted octanol–water partition coefficient (Wildman–Crippen LogP) is 1.84. The molecule has 0 radical (unpaired) electrons. The van der Waals surface area contributed by atoms with Crippen molar-refractivity contribution in [1.29, 1.82) is 0 Å². The van der Waals surface area contributed by atoms with Crippen molar-refractivity contribution < 1.29 is 0 Å². The first-order valence-electron chi connectivity index (χ1n) is 4.99. The zero-order chi connectivity index (χ0) is 12.3. The highest BCUT2D eigenvalue weighted by molar-refractivity contribution is 7.99. The van der Waals surface area contributed by atoms with E-state index in [2.05, 4.69) is 25.3 Å². The van der Waals surface area contributed by atoms with Gasteiger partial charge in [-0.25, -0.2) is 4.98 Å². The van der Waals surface area contributed by atoms with Crippen LogP contribution in [-0.2, 0) is 7.05 Å². The highest BCUT2D eigenvalue weighted by atomic mass is 35.5. The zero-order valence-electron chi connectivity index (χ0n) is 9.38. The van der Waals surface area contributed by atoms with Gasteiger partial charge >= 0.3 is 0 Å². The second-order valence-electron chi connectivity index (χ2n) is 3.16. The van der Waals surface area contributed by atoms with Crippen molar-refractivity contribution in [3.8, 4) is 0 Å². The molecule has 2 aromatic heterocycles. The first-order chi connectivity index (χ1) is 8.19. The van der Waals surface area contributed by atoms with Gasteiger partial charge in [0.1, 0.15) is 0 Å². The van der Waals surface area contributed by atoms with Gasteiger partial charge in [0.15, 0.2) is 5.16 Å². The number of aryl methyl sites for hydroxylation is 1. The van der Waals surface area contributed by atoms with Gasteiger partial charge in [-0.05, 0) is 30.3 Å². The Morgan fingerprint density at radius 1 is 1.41 bits per heavy atom. The van der Waals surface area contributed by atoms with E-state index in [4.69, 9.17) is 11.6 Å². The largest absolute Gasteiger partial charge is 0.354 e. The number of hydrogen-bond donors (Lipinski definition) is 1. The molecule has 90 valence electrons. The number of hydrogen-bond acceptors (Lipinski definition) is 6. The molecule has 0 saturated carbocycles. The van der Waals surface area contributed by atoms with Crippen molar-refractivity contribution in [1.82, 2.24) is 24.5 Å². The van der Waals surface area contributed by atoms with Crippen LogP contribution < -0.4 is 5.32 Å². The predicted molar refractivity (Wildman–Crippen MR) is 66.3 cm³/mol. The van der Waals surface area contributed by atoms with E-state index in [0.717, 1.165) is 11.7 Å². The lowest BCUT2D eigenvalue weighted by Gasteiger charge is -2.04. The van der Waals surface area contributed by atoms with E-state index in [1.807, 2.05) is 24.7 Å². The monoisotopic (exact) mass is 270 g/mol. The molecule has 0 spiro atoms. The molecule has 0 amide bonds. The van der Waals surface area contributed by atoms with E-state index in [1.165, 1.54) is 11.8 Å². The Hall–Kier alpha value is -1.34. The highest BCUT2D eigenvalue weighted by Crippen LogP contribution is 2.23. The summed E-state index contributed by atoms with van der Waals surface area (Å²) in [5.41, 5.74) is 0. The van der Waals surface area contributed by atoms with Crippen LogP contribution in [0.1, 0.15) is 6.92 Å². The van der Waals surface area contributed by atoms with Crippen LogP contribution in [0.25, 0.3) is 0 Å². The third kappa shape index (κ3) is 3.07. The zero-order valence-corrected chi connectivity index (χ0v) is 11.0. The van der Waals surface area contributed by atoms with Gasteiger partial charge in [-0.2, -0.15) is 15.0 Å². The van der Waals surface area contributed by atoms with Gasteiger partial charge in [0.05, 0.1) is 0 Å². The normalized spacial score (nSPS) is 10.5. The Kier molecular flexibility index (Phi) is 3.80. The van der Waals surface area contributed by atoms with Crippen LogP contribution in [0.5, 0.6) is 0 Å². The van der Waals surface area contributed by atoms with Gasteiger partial charge in [-0.3, -0.25) is 0 Å². The number of rotatable bonds is 4. The molecule has 0 fully saturated rings. The van der Waals surface area contributed by atoms with Gasteiger partial charge in [0.2, 0.25) is 16.4 Å². The van der Waals surface area contributed by atoms with Crippen LogP contribution in [0.15, 0.2) is 22.7 Å². The molecule has 0 aliphatic carbocycles. The van der Waals surface area contributed by atoms with E-state index < -0.39 is 0 Å². The van der Waals surface area contributed by atoms with Crippen LogP contribution in [0.4, 0.5) is 5.95 Å². The molecule has 17 heavy (non-hydrogen) atoms. The molecule has 0 aliphatic heterocycles. The Morgan fingerprint density at radius 3 is 2.88 bits per heavy atom. The fraction of sp³-hybridized carbons (Fsp3) is 0.333. The summed E-state index contributed by atoms with van der Waals surface area (Å²) in [5.74, 6) is 0.476. The summed E-state index contributed by atoms with van der Waals surface area (Å²) in [6.07, 6.45) is 3.58. The molecular weight excluding hydrogens is 260 g/mol. The van der Waals surface area contributed by atoms with Crippen molar-refractivity contribution in [3.63, 3.8) is 0 Å². The van der Waals surface area contributed by atoms with Crippen LogP contribution in [-0.4, -0.2) is 31.0 Å². The minimum Gasteiger partial charge on any atom is -0.354 e. The molecule has 0 unspecified atom stereocenters. The molecule has 0 bridgehead atoms. The third-order valence-electron chi connectivity index (χ3n) is 1.88. The van der Waals surface area contributed by atoms with E-state index in [0.29, 0.717) is 11.1 Å². The van der Waals surface area contributed by atoms with Crippen LogP contribution in [0, 0.1) is 0 Å². The smallest absolute Gasteiger partial charge is 0.228 e. The summed E-state index contributed by atoms with van der Waals surface area (Å²) in [7, 11) is 1.91. The number of nitrogens with one attached hydrogen (secondary N) is 1. The highest BCUT2D eigenvalue weighted by Gasteiger charge is 2.08. The Bertz CT molecular complexity index is 514. The maximum absolute atomic E-state index is 5.82. The topological polar surface area (TPSA) is 68.5 Å². The maximum atomic E-state index is 5.82. The van der Waals surface area contributed by atoms with Gasteiger partial charge in [-0.15, -0.1) is 0 Å². The molecule has 8 heteroatoms. The van der Waals surface area contributed by atoms with E-state index in [1.54, 1.807) is 6.20 Å². The van der Waals surface area contributed by atoms with Crippen molar-refractivity contribution in [2.24, 2.45) is 7.05 Å². The van der Waals surface area contributed by atoms with Crippen LogP contribution in [0.3, 0.4) is 0 Å². The Morgan fingerprint density at radius 2 is 2.24 bits per heavy atom. The summed E-state index contributed by atoms with van der Waals surface area (Å²) < 4.78 is 1.88. The number of aromatic nitrogens is 5. The van der Waals surface area contributed by atoms with E-state index in [9.17, 15) is 0 Å². The number of imidazole rings is 1. The van der Waals surface area contributed by atoms with Crippen molar-refractivity contribution >= 4 is 29.3 Å². The number of nitrogens with zero attached hydrogens (tertiary/aromatic N) is 5. The van der Waals surface area contributed by atoms with Gasteiger partial charge in [0, 0.05) is 26.0 Å². The summed E-state index contributed by atoms with van der Waals surface area (Å²) in [6.45, 7) is 2.69. The SMILES string of the molecule is CCNc1nc(Cl)nc(Sc2nccn2C)n1. The lowest BCUT2D eigenvalue weighted by atomic mass is 10.7. The standard InChI is InChI=1S/C9H11ClN6S/c1-3-11-7-13-6(10)14-8(15-7)17-9-12-4-5-16(9)2/h4-5H,3H2,1-2H3,(H,11,13,14,15). The van der Waals surface area contributed by atoms with E-state index in [-0.39, 0.29) is 5.28 Å². The molecule has 0 atom stereocenters. The summed E-state index contributed by atoms with van der Waals surface area (Å²) in [5, 5.41) is 4.49. The minimum atomic E-state index is 0.174. The first kappa shape index (κ1) is 12.1. The summed E-state index contributed by atoms with van der Waals surface area (Å²) in [4.78, 5) is 16.4.